The zero-order chi connectivity index (χ0) is 12.8. The second-order valence-corrected chi connectivity index (χ2v) is 5.14. The minimum absolute atomic E-state index is 0.0676. The third-order valence-corrected chi connectivity index (χ3v) is 3.05. The normalized spacial score (nSPS) is 12.8. The lowest BCUT2D eigenvalue weighted by Crippen LogP contribution is -2.34. The summed E-state index contributed by atoms with van der Waals surface area (Å²) in [7, 11) is 0. The van der Waals surface area contributed by atoms with Crippen LogP contribution in [-0.2, 0) is 0 Å². The molecule has 1 aromatic rings. The van der Waals surface area contributed by atoms with Crippen molar-refractivity contribution < 1.29 is 9.13 Å². The Hall–Kier alpha value is -0.610. The maximum atomic E-state index is 13.3. The number of nitrogens with one attached hydrogen (secondary N) is 1. The fourth-order valence-corrected chi connectivity index (χ4v) is 1.63. The van der Waals surface area contributed by atoms with Crippen molar-refractivity contribution >= 4 is 15.9 Å². The average Bonchev–Trinajstić information content (AvgIpc) is 2.28. The van der Waals surface area contributed by atoms with Gasteiger partial charge in [0.05, 0.1) is 4.47 Å². The highest BCUT2D eigenvalue weighted by molar-refractivity contribution is 9.10. The van der Waals surface area contributed by atoms with E-state index in [1.165, 1.54) is 6.07 Å². The Bertz CT molecular complexity index is 357. The van der Waals surface area contributed by atoms with E-state index in [4.69, 9.17) is 4.74 Å². The molecule has 0 aliphatic rings. The minimum Gasteiger partial charge on any atom is -0.489 e. The van der Waals surface area contributed by atoms with Gasteiger partial charge in [0.2, 0.25) is 0 Å². The molecule has 1 unspecified atom stereocenters. The van der Waals surface area contributed by atoms with Crippen LogP contribution in [0.25, 0.3) is 0 Å². The monoisotopic (exact) mass is 303 g/mol. The molecule has 96 valence electrons. The molecule has 1 N–H and O–H groups in total. The van der Waals surface area contributed by atoms with E-state index < -0.39 is 0 Å². The molecule has 0 radical (unpaired) electrons. The summed E-state index contributed by atoms with van der Waals surface area (Å²) in [4.78, 5) is 0. The first kappa shape index (κ1) is 14.5. The van der Waals surface area contributed by atoms with Gasteiger partial charge in [-0.3, -0.25) is 0 Å². The highest BCUT2D eigenvalue weighted by Crippen LogP contribution is 2.22. The second-order valence-electron chi connectivity index (χ2n) is 4.29. The maximum absolute atomic E-state index is 13.3. The molecule has 0 aliphatic heterocycles. The summed E-state index contributed by atoms with van der Waals surface area (Å²) in [5, 5.41) is 3.31. The summed E-state index contributed by atoms with van der Waals surface area (Å²) in [5.74, 6) is 0.275. The van der Waals surface area contributed by atoms with Gasteiger partial charge in [0, 0.05) is 18.7 Å². The highest BCUT2D eigenvalue weighted by atomic mass is 79.9. The number of hydrogen-bond donors (Lipinski definition) is 1. The third kappa shape index (κ3) is 5.04. The van der Waals surface area contributed by atoms with Gasteiger partial charge >= 0.3 is 0 Å². The van der Waals surface area contributed by atoms with Crippen LogP contribution in [0.15, 0.2) is 22.7 Å². The summed E-state index contributed by atoms with van der Waals surface area (Å²) in [6.07, 6.45) is 0.954. The Labute approximate surface area is 111 Å². The molecular weight excluding hydrogens is 285 g/mol. The fraction of sp³-hybridized carbons (Fsp3) is 0.538. The van der Waals surface area contributed by atoms with E-state index in [2.05, 4.69) is 42.0 Å². The van der Waals surface area contributed by atoms with Crippen LogP contribution in [0.2, 0.25) is 0 Å². The largest absolute Gasteiger partial charge is 0.489 e. The van der Waals surface area contributed by atoms with Crippen molar-refractivity contribution in [1.29, 1.82) is 0 Å². The lowest BCUT2D eigenvalue weighted by molar-refractivity contribution is 0.189. The predicted octanol–water partition coefficient (Wildman–Crippen LogP) is 3.74. The number of ether oxygens (including phenoxy) is 1. The molecule has 0 aromatic heterocycles. The Morgan fingerprint density at radius 3 is 2.65 bits per heavy atom. The van der Waals surface area contributed by atoms with Gasteiger partial charge in [-0.2, -0.15) is 0 Å². The van der Waals surface area contributed by atoms with E-state index in [1.54, 1.807) is 12.1 Å². The molecule has 0 bridgehead atoms. The minimum atomic E-state index is -0.297. The van der Waals surface area contributed by atoms with Crippen molar-refractivity contribution in [3.8, 4) is 5.75 Å². The quantitative estimate of drug-likeness (QED) is 0.864. The van der Waals surface area contributed by atoms with E-state index in [1.807, 2.05) is 0 Å². The topological polar surface area (TPSA) is 21.3 Å². The zero-order valence-corrected chi connectivity index (χ0v) is 12.1. The Morgan fingerprint density at radius 1 is 1.41 bits per heavy atom. The van der Waals surface area contributed by atoms with Crippen LogP contribution in [0, 0.1) is 5.82 Å². The summed E-state index contributed by atoms with van der Waals surface area (Å²) in [6, 6.07) is 5.26. The highest BCUT2D eigenvalue weighted by Gasteiger charge is 2.10. The second kappa shape index (κ2) is 6.97. The van der Waals surface area contributed by atoms with Gasteiger partial charge in [-0.25, -0.2) is 4.39 Å². The Morgan fingerprint density at radius 2 is 2.12 bits per heavy atom. The predicted molar refractivity (Wildman–Crippen MR) is 71.9 cm³/mol. The van der Waals surface area contributed by atoms with Crippen LogP contribution in [0.3, 0.4) is 0 Å². The van der Waals surface area contributed by atoms with Crippen LogP contribution in [-0.4, -0.2) is 18.7 Å². The number of rotatable bonds is 6. The van der Waals surface area contributed by atoms with Gasteiger partial charge in [-0.15, -0.1) is 0 Å². The molecule has 17 heavy (non-hydrogen) atoms. The summed E-state index contributed by atoms with van der Waals surface area (Å²) in [5.41, 5.74) is 0. The molecule has 0 saturated heterocycles. The number of halogens is 2. The van der Waals surface area contributed by atoms with Crippen molar-refractivity contribution in [3.63, 3.8) is 0 Å². The lowest BCUT2D eigenvalue weighted by atomic mass is 10.2. The molecule has 1 atom stereocenters. The fourth-order valence-electron chi connectivity index (χ4n) is 1.38. The molecule has 2 nitrogen and oxygen atoms in total. The van der Waals surface area contributed by atoms with E-state index in [0.29, 0.717) is 16.3 Å². The first-order valence-corrected chi connectivity index (χ1v) is 6.67. The molecule has 0 fully saturated rings. The summed E-state index contributed by atoms with van der Waals surface area (Å²) in [6.45, 7) is 7.01. The van der Waals surface area contributed by atoms with E-state index in [9.17, 15) is 4.39 Å². The van der Waals surface area contributed by atoms with Gasteiger partial charge in [0.1, 0.15) is 17.7 Å². The van der Waals surface area contributed by atoms with Crippen molar-refractivity contribution in [1.82, 2.24) is 5.32 Å². The average molecular weight is 304 g/mol. The maximum Gasteiger partial charge on any atom is 0.141 e. The van der Waals surface area contributed by atoms with E-state index in [0.717, 1.165) is 13.0 Å². The molecule has 4 heteroatoms. The molecule has 0 spiro atoms. The van der Waals surface area contributed by atoms with Gasteiger partial charge < -0.3 is 10.1 Å². The molecule has 1 rings (SSSR count). The SMILES string of the molecule is CCC(CNC(C)C)Oc1ccc(Br)c(F)c1. The zero-order valence-electron chi connectivity index (χ0n) is 10.5. The van der Waals surface area contributed by atoms with Gasteiger partial charge in [0.25, 0.3) is 0 Å². The van der Waals surface area contributed by atoms with Crippen LogP contribution in [0.4, 0.5) is 4.39 Å². The van der Waals surface area contributed by atoms with Gasteiger partial charge in [0.15, 0.2) is 0 Å². The van der Waals surface area contributed by atoms with Gasteiger partial charge in [-0.1, -0.05) is 20.8 Å². The first-order chi connectivity index (χ1) is 8.02. The van der Waals surface area contributed by atoms with E-state index in [-0.39, 0.29) is 11.9 Å². The molecule has 0 aliphatic carbocycles. The van der Waals surface area contributed by atoms with Crippen molar-refractivity contribution in [2.45, 2.75) is 39.3 Å². The van der Waals surface area contributed by atoms with Gasteiger partial charge in [-0.05, 0) is 34.5 Å². The van der Waals surface area contributed by atoms with Crippen LogP contribution in [0.1, 0.15) is 27.2 Å². The first-order valence-electron chi connectivity index (χ1n) is 5.88. The summed E-state index contributed by atoms with van der Waals surface area (Å²) < 4.78 is 19.5. The van der Waals surface area contributed by atoms with Crippen molar-refractivity contribution in [2.24, 2.45) is 0 Å². The molecule has 0 heterocycles. The van der Waals surface area contributed by atoms with Crippen molar-refractivity contribution in [2.75, 3.05) is 6.54 Å². The molecular formula is C13H19BrFNO. The summed E-state index contributed by atoms with van der Waals surface area (Å²) >= 11 is 3.12. The smallest absolute Gasteiger partial charge is 0.141 e. The number of hydrogen-bond acceptors (Lipinski definition) is 2. The molecule has 1 aromatic carbocycles. The Kier molecular flexibility index (Phi) is 5.92. The number of benzene rings is 1. The van der Waals surface area contributed by atoms with Crippen LogP contribution in [0.5, 0.6) is 5.75 Å². The van der Waals surface area contributed by atoms with Crippen LogP contribution < -0.4 is 10.1 Å². The third-order valence-electron chi connectivity index (χ3n) is 2.40. The van der Waals surface area contributed by atoms with E-state index >= 15 is 0 Å². The Balaban J connectivity index is 2.57. The molecule has 0 saturated carbocycles. The standard InChI is InChI=1S/C13H19BrFNO/c1-4-10(8-16-9(2)3)17-11-5-6-12(14)13(15)7-11/h5-7,9-10,16H,4,8H2,1-3H3. The molecule has 0 amide bonds. The van der Waals surface area contributed by atoms with Crippen LogP contribution >= 0.6 is 15.9 Å². The lowest BCUT2D eigenvalue weighted by Gasteiger charge is -2.19. The van der Waals surface area contributed by atoms with Crippen molar-refractivity contribution in [3.05, 3.63) is 28.5 Å².